The van der Waals surface area contributed by atoms with Crippen molar-refractivity contribution in [2.75, 3.05) is 0 Å². The van der Waals surface area contributed by atoms with E-state index >= 15 is 0 Å². The molecule has 0 N–H and O–H groups in total. The van der Waals surface area contributed by atoms with Gasteiger partial charge in [0.2, 0.25) is 0 Å². The first kappa shape index (κ1) is 20.5. The summed E-state index contributed by atoms with van der Waals surface area (Å²) in [6, 6.07) is 31.5. The molecule has 0 bridgehead atoms. The van der Waals surface area contributed by atoms with Crippen LogP contribution in [0, 0.1) is 0 Å². The number of hydrogen-bond donors (Lipinski definition) is 0. The minimum atomic E-state index is 0.0428. The first-order chi connectivity index (χ1) is 15.5. The number of allylic oxidation sites excluding steroid dienone is 2. The quantitative estimate of drug-likeness (QED) is 0.245. The topological polar surface area (TPSA) is 0 Å². The molecule has 156 valence electrons. The van der Waals surface area contributed by atoms with Crippen molar-refractivity contribution in [1.29, 1.82) is 0 Å². The van der Waals surface area contributed by atoms with Crippen LogP contribution in [0.3, 0.4) is 0 Å². The molecule has 0 atom stereocenters. The molecular weight excluding hydrogens is 404 g/mol. The minimum Gasteiger partial charge on any atom is -0.135 e. The van der Waals surface area contributed by atoms with Crippen LogP contribution in [0.5, 0.6) is 0 Å². The molecule has 4 aromatic carbocycles. The molecule has 0 amide bonds. The Morgan fingerprint density at radius 2 is 1.25 bits per heavy atom. The van der Waals surface area contributed by atoms with Crippen molar-refractivity contribution in [3.63, 3.8) is 0 Å². The number of benzene rings is 4. The lowest BCUT2D eigenvalue weighted by Crippen LogP contribution is -2.14. The first-order valence-electron chi connectivity index (χ1n) is 10.9. The summed E-state index contributed by atoms with van der Waals surface area (Å²) in [5, 5.41) is 2.72. The molecule has 5 aromatic rings. The third-order valence-corrected chi connectivity index (χ3v) is 7.61. The van der Waals surface area contributed by atoms with E-state index in [2.05, 4.69) is 112 Å². The highest BCUT2D eigenvalue weighted by atomic mass is 32.1. The second kappa shape index (κ2) is 7.93. The van der Waals surface area contributed by atoms with Crippen LogP contribution in [0.1, 0.15) is 25.0 Å². The van der Waals surface area contributed by atoms with Crippen molar-refractivity contribution < 1.29 is 0 Å². The molecule has 0 aliphatic heterocycles. The van der Waals surface area contributed by atoms with Gasteiger partial charge in [0.25, 0.3) is 0 Å². The van der Waals surface area contributed by atoms with Gasteiger partial charge in [0.15, 0.2) is 0 Å². The average Bonchev–Trinajstić information content (AvgIpc) is 3.32. The Balaban J connectivity index is 0.000000501. The summed E-state index contributed by atoms with van der Waals surface area (Å²) in [7, 11) is 0. The van der Waals surface area contributed by atoms with E-state index in [0.717, 1.165) is 0 Å². The zero-order valence-electron chi connectivity index (χ0n) is 18.6. The van der Waals surface area contributed by atoms with E-state index < -0.39 is 0 Å². The third-order valence-electron chi connectivity index (χ3n) is 6.46. The highest BCUT2D eigenvalue weighted by Crippen LogP contribution is 2.49. The van der Waals surface area contributed by atoms with Crippen LogP contribution in [-0.2, 0) is 5.41 Å². The molecule has 1 aliphatic rings. The van der Waals surface area contributed by atoms with Crippen LogP contribution in [0.15, 0.2) is 110 Å². The lowest BCUT2D eigenvalue weighted by molar-refractivity contribution is 0.660. The lowest BCUT2D eigenvalue weighted by Gasteiger charge is -2.22. The van der Waals surface area contributed by atoms with E-state index in [9.17, 15) is 0 Å². The van der Waals surface area contributed by atoms with Gasteiger partial charge in [-0.15, -0.1) is 11.3 Å². The Hall–Kier alpha value is -3.42. The average molecular weight is 431 g/mol. The van der Waals surface area contributed by atoms with Crippen LogP contribution in [-0.4, -0.2) is 0 Å². The Morgan fingerprint density at radius 1 is 0.625 bits per heavy atom. The summed E-state index contributed by atoms with van der Waals surface area (Å²) in [5.74, 6) is 0. The molecule has 1 aromatic heterocycles. The van der Waals surface area contributed by atoms with Gasteiger partial charge in [-0.2, -0.15) is 0 Å². The standard InChI is InChI=1S/C27H20S.C4H6/c1-27(2)23-9-5-3-7-19(23)20-13-11-18(16-24(20)27)17-12-14-26-22(15-17)21-8-4-6-10-25(21)28-26;1-3-4-2/h3-16H,1-2H3;3-4H,1-2H2. The number of fused-ring (bicyclic) bond motifs is 6. The smallest absolute Gasteiger partial charge is 0.0355 e. The normalized spacial score (nSPS) is 13.2. The Kier molecular flexibility index (Phi) is 5.07. The predicted molar refractivity (Wildman–Crippen MR) is 143 cm³/mol. The second-order valence-electron chi connectivity index (χ2n) is 8.71. The van der Waals surface area contributed by atoms with Gasteiger partial charge in [0, 0.05) is 25.6 Å². The molecule has 0 unspecified atom stereocenters. The molecular formula is C31H26S. The van der Waals surface area contributed by atoms with Crippen molar-refractivity contribution in [3.8, 4) is 22.3 Å². The summed E-state index contributed by atoms with van der Waals surface area (Å²) in [6.45, 7) is 11.4. The van der Waals surface area contributed by atoms with E-state index in [1.54, 1.807) is 12.2 Å². The fourth-order valence-electron chi connectivity index (χ4n) is 4.79. The Morgan fingerprint density at radius 3 is 2.06 bits per heavy atom. The zero-order valence-corrected chi connectivity index (χ0v) is 19.4. The maximum atomic E-state index is 3.36. The van der Waals surface area contributed by atoms with Crippen molar-refractivity contribution in [1.82, 2.24) is 0 Å². The summed E-state index contributed by atoms with van der Waals surface area (Å²) in [4.78, 5) is 0. The van der Waals surface area contributed by atoms with Gasteiger partial charge in [-0.05, 0) is 57.6 Å². The lowest BCUT2D eigenvalue weighted by atomic mass is 9.81. The third kappa shape index (κ3) is 3.21. The highest BCUT2D eigenvalue weighted by Gasteiger charge is 2.35. The fourth-order valence-corrected chi connectivity index (χ4v) is 5.88. The monoisotopic (exact) mass is 430 g/mol. The van der Waals surface area contributed by atoms with Crippen LogP contribution in [0.4, 0.5) is 0 Å². The molecule has 1 heteroatoms. The van der Waals surface area contributed by atoms with Crippen LogP contribution >= 0.6 is 11.3 Å². The molecule has 6 rings (SSSR count). The van der Waals surface area contributed by atoms with Gasteiger partial charge in [0.05, 0.1) is 0 Å². The molecule has 0 fully saturated rings. The molecule has 0 spiro atoms. The van der Waals surface area contributed by atoms with E-state index in [1.807, 2.05) is 11.3 Å². The van der Waals surface area contributed by atoms with E-state index in [0.29, 0.717) is 0 Å². The molecule has 1 aliphatic carbocycles. The van der Waals surface area contributed by atoms with Gasteiger partial charge in [0.1, 0.15) is 0 Å². The van der Waals surface area contributed by atoms with Gasteiger partial charge in [-0.25, -0.2) is 0 Å². The molecule has 0 nitrogen and oxygen atoms in total. The summed E-state index contributed by atoms with van der Waals surface area (Å²) < 4.78 is 2.72. The highest BCUT2D eigenvalue weighted by molar-refractivity contribution is 7.25. The maximum Gasteiger partial charge on any atom is 0.0355 e. The molecule has 32 heavy (non-hydrogen) atoms. The van der Waals surface area contributed by atoms with Gasteiger partial charge >= 0.3 is 0 Å². The molecule has 1 heterocycles. The second-order valence-corrected chi connectivity index (χ2v) is 9.80. The summed E-state index contributed by atoms with van der Waals surface area (Å²) in [6.07, 6.45) is 3.28. The maximum absolute atomic E-state index is 3.36. The SMILES string of the molecule is C=CC=C.CC1(C)c2ccccc2-c2ccc(-c3ccc4sc5ccccc5c4c3)cc21. The fraction of sp³-hybridized carbons (Fsp3) is 0.0968. The van der Waals surface area contributed by atoms with Gasteiger partial charge < -0.3 is 0 Å². The van der Waals surface area contributed by atoms with E-state index in [-0.39, 0.29) is 5.41 Å². The largest absolute Gasteiger partial charge is 0.135 e. The summed E-state index contributed by atoms with van der Waals surface area (Å²) >= 11 is 1.88. The van der Waals surface area contributed by atoms with Crippen LogP contribution < -0.4 is 0 Å². The predicted octanol–water partition coefficient (Wildman–Crippen LogP) is 9.39. The Labute approximate surface area is 194 Å². The van der Waals surface area contributed by atoms with Crippen LogP contribution in [0.25, 0.3) is 42.4 Å². The Bertz CT molecular complexity index is 1470. The number of thiophene rings is 1. The van der Waals surface area contributed by atoms with Crippen molar-refractivity contribution >= 4 is 31.5 Å². The number of rotatable bonds is 2. The molecule has 0 saturated carbocycles. The van der Waals surface area contributed by atoms with Crippen molar-refractivity contribution in [2.45, 2.75) is 19.3 Å². The van der Waals surface area contributed by atoms with Crippen molar-refractivity contribution in [2.24, 2.45) is 0 Å². The number of hydrogen-bond acceptors (Lipinski definition) is 1. The van der Waals surface area contributed by atoms with Gasteiger partial charge in [-0.3, -0.25) is 0 Å². The molecule has 0 radical (unpaired) electrons. The minimum absolute atomic E-state index is 0.0428. The first-order valence-corrected chi connectivity index (χ1v) is 11.8. The zero-order chi connectivity index (χ0) is 22.3. The van der Waals surface area contributed by atoms with Crippen molar-refractivity contribution in [3.05, 3.63) is 121 Å². The van der Waals surface area contributed by atoms with E-state index in [4.69, 9.17) is 0 Å². The van der Waals surface area contributed by atoms with Gasteiger partial charge in [-0.1, -0.05) is 99.8 Å². The van der Waals surface area contributed by atoms with Crippen LogP contribution in [0.2, 0.25) is 0 Å². The molecule has 0 saturated heterocycles. The van der Waals surface area contributed by atoms with E-state index in [1.165, 1.54) is 53.6 Å². The summed E-state index contributed by atoms with van der Waals surface area (Å²) in [5.41, 5.74) is 8.27.